The lowest BCUT2D eigenvalue weighted by atomic mass is 10.0. The van der Waals surface area contributed by atoms with Crippen LogP contribution < -0.4 is 0 Å². The number of halogens is 2. The van der Waals surface area contributed by atoms with Crippen LogP contribution in [0.4, 0.5) is 0 Å². The lowest BCUT2D eigenvalue weighted by molar-refractivity contribution is -0.147. The standard InChI is InChI=1S/C15H15Cl2N3O3/c1-15(2,14(22)23)19(3)13(21)12-6-7-20(18-12)9-4-5-10(16)11(17)8-9/h4-8H,1-3H3,(H,22,23). The van der Waals surface area contributed by atoms with E-state index in [1.54, 1.807) is 24.4 Å². The Labute approximate surface area is 143 Å². The number of aliphatic carboxylic acids is 1. The normalized spacial score (nSPS) is 11.3. The van der Waals surface area contributed by atoms with Crippen LogP contribution in [0.15, 0.2) is 30.5 Å². The first kappa shape index (κ1) is 17.3. The summed E-state index contributed by atoms with van der Waals surface area (Å²) in [5.74, 6) is -1.59. The van der Waals surface area contributed by atoms with Crippen LogP contribution in [0.25, 0.3) is 5.69 Å². The van der Waals surface area contributed by atoms with Crippen LogP contribution in [0.5, 0.6) is 0 Å². The number of aromatic nitrogens is 2. The predicted molar refractivity (Wildman–Crippen MR) is 87.4 cm³/mol. The quantitative estimate of drug-likeness (QED) is 0.913. The molecule has 0 unspecified atom stereocenters. The molecule has 2 aromatic rings. The van der Waals surface area contributed by atoms with Crippen molar-refractivity contribution in [3.05, 3.63) is 46.2 Å². The maximum atomic E-state index is 12.4. The van der Waals surface area contributed by atoms with E-state index in [0.29, 0.717) is 15.7 Å². The van der Waals surface area contributed by atoms with E-state index in [-0.39, 0.29) is 5.69 Å². The molecule has 0 aliphatic carbocycles. The summed E-state index contributed by atoms with van der Waals surface area (Å²) in [6.45, 7) is 2.90. The maximum Gasteiger partial charge on any atom is 0.329 e. The number of nitrogens with zero attached hydrogens (tertiary/aromatic N) is 3. The van der Waals surface area contributed by atoms with Gasteiger partial charge < -0.3 is 10.0 Å². The number of benzene rings is 1. The van der Waals surface area contributed by atoms with Gasteiger partial charge in [0.25, 0.3) is 5.91 Å². The van der Waals surface area contributed by atoms with Crippen molar-refractivity contribution in [2.45, 2.75) is 19.4 Å². The molecular weight excluding hydrogens is 341 g/mol. The second-order valence-corrected chi connectivity index (χ2v) is 6.29. The number of rotatable bonds is 4. The van der Waals surface area contributed by atoms with Gasteiger partial charge in [-0.1, -0.05) is 23.2 Å². The van der Waals surface area contributed by atoms with Crippen molar-refractivity contribution in [1.82, 2.24) is 14.7 Å². The van der Waals surface area contributed by atoms with E-state index < -0.39 is 17.4 Å². The molecule has 23 heavy (non-hydrogen) atoms. The molecule has 0 fully saturated rings. The Morgan fingerprint density at radius 2 is 1.87 bits per heavy atom. The molecule has 0 saturated carbocycles. The van der Waals surface area contributed by atoms with E-state index in [0.717, 1.165) is 4.90 Å². The molecule has 0 bridgehead atoms. The van der Waals surface area contributed by atoms with Crippen LogP contribution in [0.3, 0.4) is 0 Å². The van der Waals surface area contributed by atoms with Gasteiger partial charge in [-0.15, -0.1) is 0 Å². The van der Waals surface area contributed by atoms with Crippen molar-refractivity contribution in [1.29, 1.82) is 0 Å². The van der Waals surface area contributed by atoms with Gasteiger partial charge in [0, 0.05) is 13.2 Å². The van der Waals surface area contributed by atoms with Gasteiger partial charge in [-0.25, -0.2) is 9.48 Å². The number of carboxylic acids is 1. The van der Waals surface area contributed by atoms with E-state index in [2.05, 4.69) is 5.10 Å². The molecule has 1 aromatic carbocycles. The van der Waals surface area contributed by atoms with Crippen LogP contribution >= 0.6 is 23.2 Å². The van der Waals surface area contributed by atoms with Crippen LogP contribution in [-0.2, 0) is 4.79 Å². The summed E-state index contributed by atoms with van der Waals surface area (Å²) < 4.78 is 1.47. The van der Waals surface area contributed by atoms with Crippen molar-refractivity contribution < 1.29 is 14.7 Å². The Bertz CT molecular complexity index is 771. The largest absolute Gasteiger partial charge is 0.480 e. The fraction of sp³-hybridized carbons (Fsp3) is 0.267. The van der Waals surface area contributed by atoms with Crippen molar-refractivity contribution in [3.8, 4) is 5.69 Å². The number of carbonyl (C=O) groups is 2. The molecule has 1 amide bonds. The SMILES string of the molecule is CN(C(=O)c1ccn(-c2ccc(Cl)c(Cl)c2)n1)C(C)(C)C(=O)O. The molecule has 0 atom stereocenters. The smallest absolute Gasteiger partial charge is 0.329 e. The molecule has 0 aliphatic heterocycles. The molecule has 0 aliphatic rings. The maximum absolute atomic E-state index is 12.4. The topological polar surface area (TPSA) is 75.4 Å². The van der Waals surface area contributed by atoms with E-state index in [9.17, 15) is 14.7 Å². The van der Waals surface area contributed by atoms with E-state index >= 15 is 0 Å². The lowest BCUT2D eigenvalue weighted by Gasteiger charge is -2.30. The molecular formula is C15H15Cl2N3O3. The average molecular weight is 356 g/mol. The zero-order chi connectivity index (χ0) is 17.4. The number of hydrogen-bond donors (Lipinski definition) is 1. The Balaban J connectivity index is 2.30. The van der Waals surface area contributed by atoms with Gasteiger partial charge in [0.2, 0.25) is 0 Å². The highest BCUT2D eigenvalue weighted by molar-refractivity contribution is 6.42. The van der Waals surface area contributed by atoms with Crippen molar-refractivity contribution in [2.75, 3.05) is 7.05 Å². The molecule has 1 N–H and O–H groups in total. The number of likely N-dealkylation sites (N-methyl/N-ethyl adjacent to an activating group) is 1. The zero-order valence-corrected chi connectivity index (χ0v) is 14.3. The summed E-state index contributed by atoms with van der Waals surface area (Å²) in [5.41, 5.74) is -0.573. The van der Waals surface area contributed by atoms with E-state index in [4.69, 9.17) is 23.2 Å². The first-order valence-electron chi connectivity index (χ1n) is 6.67. The fourth-order valence-corrected chi connectivity index (χ4v) is 2.07. The van der Waals surface area contributed by atoms with Crippen LogP contribution in [0.2, 0.25) is 10.0 Å². The first-order chi connectivity index (χ1) is 10.6. The van der Waals surface area contributed by atoms with Crippen molar-refractivity contribution in [3.63, 3.8) is 0 Å². The second-order valence-electron chi connectivity index (χ2n) is 5.47. The highest BCUT2D eigenvalue weighted by Gasteiger charge is 2.36. The summed E-state index contributed by atoms with van der Waals surface area (Å²) in [5, 5.41) is 14.2. The van der Waals surface area contributed by atoms with Crippen LogP contribution in [-0.4, -0.2) is 44.3 Å². The van der Waals surface area contributed by atoms with Crippen molar-refractivity contribution in [2.24, 2.45) is 0 Å². The molecule has 0 spiro atoms. The van der Waals surface area contributed by atoms with Crippen LogP contribution in [0, 0.1) is 0 Å². The minimum Gasteiger partial charge on any atom is -0.480 e. The molecule has 0 radical (unpaired) electrons. The minimum atomic E-state index is -1.34. The Hall–Kier alpha value is -2.05. The third-order valence-corrected chi connectivity index (χ3v) is 4.38. The monoisotopic (exact) mass is 355 g/mol. The highest BCUT2D eigenvalue weighted by Crippen LogP contribution is 2.24. The van der Waals surface area contributed by atoms with Gasteiger partial charge >= 0.3 is 5.97 Å². The molecule has 1 aromatic heterocycles. The highest BCUT2D eigenvalue weighted by atomic mass is 35.5. The molecule has 8 heteroatoms. The number of carbonyl (C=O) groups excluding carboxylic acids is 1. The van der Waals surface area contributed by atoms with Gasteiger partial charge in [-0.05, 0) is 38.1 Å². The van der Waals surface area contributed by atoms with Crippen LogP contribution in [0.1, 0.15) is 24.3 Å². The molecule has 1 heterocycles. The zero-order valence-electron chi connectivity index (χ0n) is 12.7. The van der Waals surface area contributed by atoms with Gasteiger partial charge in [0.1, 0.15) is 5.54 Å². The third-order valence-electron chi connectivity index (χ3n) is 3.64. The summed E-state index contributed by atoms with van der Waals surface area (Å²) in [4.78, 5) is 24.8. The van der Waals surface area contributed by atoms with Gasteiger partial charge in [0.15, 0.2) is 5.69 Å². The average Bonchev–Trinajstić information content (AvgIpc) is 2.98. The van der Waals surface area contributed by atoms with Gasteiger partial charge in [-0.3, -0.25) is 4.79 Å². The molecule has 6 nitrogen and oxygen atoms in total. The number of carboxylic acid groups (broad SMARTS) is 1. The molecule has 0 saturated heterocycles. The van der Waals surface area contributed by atoms with E-state index in [1.807, 2.05) is 0 Å². The summed E-state index contributed by atoms with van der Waals surface area (Å²) in [6, 6.07) is 6.47. The molecule has 2 rings (SSSR count). The first-order valence-corrected chi connectivity index (χ1v) is 7.43. The van der Waals surface area contributed by atoms with Gasteiger partial charge in [-0.2, -0.15) is 5.10 Å². The fourth-order valence-electron chi connectivity index (χ4n) is 1.78. The molecule has 122 valence electrons. The second kappa shape index (κ2) is 6.22. The van der Waals surface area contributed by atoms with Crippen molar-refractivity contribution >= 4 is 35.1 Å². The third kappa shape index (κ3) is 3.33. The Kier molecular flexibility index (Phi) is 4.68. The minimum absolute atomic E-state index is 0.132. The summed E-state index contributed by atoms with van der Waals surface area (Å²) in [7, 11) is 1.43. The summed E-state index contributed by atoms with van der Waals surface area (Å²) >= 11 is 11.8. The number of amides is 1. The predicted octanol–water partition coefficient (Wildman–Crippen LogP) is 3.11. The van der Waals surface area contributed by atoms with E-state index in [1.165, 1.54) is 31.6 Å². The summed E-state index contributed by atoms with van der Waals surface area (Å²) in [6.07, 6.45) is 1.59. The van der Waals surface area contributed by atoms with Gasteiger partial charge in [0.05, 0.1) is 15.7 Å². The Morgan fingerprint density at radius 3 is 2.43 bits per heavy atom. The lowest BCUT2D eigenvalue weighted by Crippen LogP contribution is -2.50. The number of hydrogen-bond acceptors (Lipinski definition) is 3. The Morgan fingerprint density at radius 1 is 1.22 bits per heavy atom.